The van der Waals surface area contributed by atoms with Crippen molar-refractivity contribution in [3.05, 3.63) is 16.4 Å². The third kappa shape index (κ3) is 3.48. The molecule has 5 heteroatoms. The van der Waals surface area contributed by atoms with Gasteiger partial charge in [-0.25, -0.2) is 0 Å². The summed E-state index contributed by atoms with van der Waals surface area (Å²) in [6.07, 6.45) is 1.54. The standard InChI is InChI=1S/C13H21ClN2O2/c1-5-9-12(14)10(16(6-2)15-9)7-13(3,4)8-11(17)18/h5-8H2,1-4H3,(H,17,18). The van der Waals surface area contributed by atoms with Gasteiger partial charge in [-0.3, -0.25) is 9.48 Å². The van der Waals surface area contributed by atoms with Crippen LogP contribution in [0.15, 0.2) is 0 Å². The highest BCUT2D eigenvalue weighted by molar-refractivity contribution is 6.31. The van der Waals surface area contributed by atoms with Gasteiger partial charge in [-0.15, -0.1) is 0 Å². The van der Waals surface area contributed by atoms with E-state index in [2.05, 4.69) is 5.10 Å². The SMILES string of the molecule is CCc1nn(CC)c(CC(C)(C)CC(=O)O)c1Cl. The summed E-state index contributed by atoms with van der Waals surface area (Å²) in [6, 6.07) is 0. The molecule has 1 aromatic rings. The van der Waals surface area contributed by atoms with Gasteiger partial charge in [-0.2, -0.15) is 5.10 Å². The lowest BCUT2D eigenvalue weighted by molar-refractivity contribution is -0.139. The molecular weight excluding hydrogens is 252 g/mol. The van der Waals surface area contributed by atoms with E-state index in [9.17, 15) is 4.79 Å². The highest BCUT2D eigenvalue weighted by atomic mass is 35.5. The second-order valence-electron chi connectivity index (χ2n) is 5.29. The maximum Gasteiger partial charge on any atom is 0.303 e. The van der Waals surface area contributed by atoms with Gasteiger partial charge in [0.05, 0.1) is 22.8 Å². The van der Waals surface area contributed by atoms with E-state index in [0.717, 1.165) is 24.4 Å². The number of carboxylic acids is 1. The van der Waals surface area contributed by atoms with Crippen molar-refractivity contribution in [2.24, 2.45) is 5.41 Å². The zero-order chi connectivity index (χ0) is 13.9. The molecule has 0 unspecified atom stereocenters. The lowest BCUT2D eigenvalue weighted by Crippen LogP contribution is -2.21. The fraction of sp³-hybridized carbons (Fsp3) is 0.692. The van der Waals surface area contributed by atoms with E-state index in [1.807, 2.05) is 32.4 Å². The summed E-state index contributed by atoms with van der Waals surface area (Å²) >= 11 is 6.32. The van der Waals surface area contributed by atoms with E-state index >= 15 is 0 Å². The second kappa shape index (κ2) is 5.74. The van der Waals surface area contributed by atoms with Crippen molar-refractivity contribution >= 4 is 17.6 Å². The first kappa shape index (κ1) is 15.0. The van der Waals surface area contributed by atoms with Gasteiger partial charge in [0, 0.05) is 6.54 Å². The van der Waals surface area contributed by atoms with Gasteiger partial charge >= 0.3 is 5.97 Å². The van der Waals surface area contributed by atoms with Crippen LogP contribution in [0.5, 0.6) is 0 Å². The van der Waals surface area contributed by atoms with Gasteiger partial charge in [-0.1, -0.05) is 32.4 Å². The zero-order valence-electron chi connectivity index (χ0n) is 11.5. The monoisotopic (exact) mass is 272 g/mol. The molecule has 18 heavy (non-hydrogen) atoms. The number of halogens is 1. The largest absolute Gasteiger partial charge is 0.481 e. The third-order valence-corrected chi connectivity index (χ3v) is 3.41. The predicted molar refractivity (Wildman–Crippen MR) is 72.0 cm³/mol. The molecule has 0 bridgehead atoms. The van der Waals surface area contributed by atoms with Crippen molar-refractivity contribution in [1.82, 2.24) is 9.78 Å². The van der Waals surface area contributed by atoms with E-state index in [-0.39, 0.29) is 11.8 Å². The number of carboxylic acid groups (broad SMARTS) is 1. The maximum atomic E-state index is 10.9. The van der Waals surface area contributed by atoms with Gasteiger partial charge in [0.25, 0.3) is 0 Å². The zero-order valence-corrected chi connectivity index (χ0v) is 12.2. The molecule has 102 valence electrons. The van der Waals surface area contributed by atoms with Crippen LogP contribution in [0.4, 0.5) is 0 Å². The topological polar surface area (TPSA) is 55.1 Å². The Morgan fingerprint density at radius 2 is 2.06 bits per heavy atom. The minimum absolute atomic E-state index is 0.125. The van der Waals surface area contributed by atoms with Crippen molar-refractivity contribution in [1.29, 1.82) is 0 Å². The molecule has 0 aliphatic carbocycles. The Morgan fingerprint density at radius 1 is 1.44 bits per heavy atom. The second-order valence-corrected chi connectivity index (χ2v) is 5.67. The molecule has 0 saturated heterocycles. The van der Waals surface area contributed by atoms with E-state index in [1.165, 1.54) is 0 Å². The average molecular weight is 273 g/mol. The summed E-state index contributed by atoms with van der Waals surface area (Å²) in [6.45, 7) is 8.65. The Balaban J connectivity index is 3.02. The van der Waals surface area contributed by atoms with Crippen molar-refractivity contribution in [3.8, 4) is 0 Å². The van der Waals surface area contributed by atoms with Crippen molar-refractivity contribution in [2.75, 3.05) is 0 Å². The van der Waals surface area contributed by atoms with Gasteiger partial charge < -0.3 is 5.11 Å². The van der Waals surface area contributed by atoms with E-state index in [0.29, 0.717) is 11.4 Å². The summed E-state index contributed by atoms with van der Waals surface area (Å²) in [7, 11) is 0. The Hall–Kier alpha value is -1.03. The predicted octanol–water partition coefficient (Wildman–Crippen LogP) is 3.16. The number of hydrogen-bond donors (Lipinski definition) is 1. The van der Waals surface area contributed by atoms with Crippen LogP contribution in [0, 0.1) is 5.41 Å². The van der Waals surface area contributed by atoms with Gasteiger partial charge in [0.15, 0.2) is 0 Å². The Bertz CT molecular complexity index is 438. The van der Waals surface area contributed by atoms with Gasteiger partial charge in [0.2, 0.25) is 0 Å². The summed E-state index contributed by atoms with van der Waals surface area (Å²) in [5.41, 5.74) is 1.51. The number of hydrogen-bond acceptors (Lipinski definition) is 2. The molecule has 1 aromatic heterocycles. The summed E-state index contributed by atoms with van der Waals surface area (Å²) in [5, 5.41) is 14.1. The number of rotatable bonds is 6. The molecular formula is C13H21ClN2O2. The number of aromatic nitrogens is 2. The van der Waals surface area contributed by atoms with Crippen LogP contribution < -0.4 is 0 Å². The maximum absolute atomic E-state index is 10.9. The Kier molecular flexibility index (Phi) is 4.79. The normalized spacial score (nSPS) is 11.8. The quantitative estimate of drug-likeness (QED) is 0.865. The number of aryl methyl sites for hydroxylation is 2. The highest BCUT2D eigenvalue weighted by Gasteiger charge is 2.26. The molecule has 1 N–H and O–H groups in total. The average Bonchev–Trinajstić information content (AvgIpc) is 2.53. The van der Waals surface area contributed by atoms with Crippen molar-refractivity contribution in [3.63, 3.8) is 0 Å². The first-order valence-corrected chi connectivity index (χ1v) is 6.64. The van der Waals surface area contributed by atoms with Crippen LogP contribution in [0.25, 0.3) is 0 Å². The molecule has 0 fully saturated rings. The number of nitrogens with zero attached hydrogens (tertiary/aromatic N) is 2. The fourth-order valence-electron chi connectivity index (χ4n) is 2.11. The van der Waals surface area contributed by atoms with Crippen LogP contribution in [0.3, 0.4) is 0 Å². The molecule has 0 amide bonds. The van der Waals surface area contributed by atoms with Gasteiger partial charge in [0.1, 0.15) is 0 Å². The summed E-state index contributed by atoms with van der Waals surface area (Å²) in [4.78, 5) is 10.9. The van der Waals surface area contributed by atoms with Crippen molar-refractivity contribution < 1.29 is 9.90 Å². The van der Waals surface area contributed by atoms with Crippen LogP contribution >= 0.6 is 11.6 Å². The van der Waals surface area contributed by atoms with Crippen LogP contribution in [0.1, 0.15) is 45.5 Å². The van der Waals surface area contributed by atoms with E-state index in [1.54, 1.807) is 0 Å². The van der Waals surface area contributed by atoms with Crippen LogP contribution in [-0.4, -0.2) is 20.9 Å². The van der Waals surface area contributed by atoms with E-state index in [4.69, 9.17) is 16.7 Å². The number of aliphatic carboxylic acids is 1. The first-order chi connectivity index (χ1) is 8.30. The summed E-state index contributed by atoms with van der Waals surface area (Å²) in [5.74, 6) is -0.783. The molecule has 1 rings (SSSR count). The molecule has 0 saturated carbocycles. The number of carbonyl (C=O) groups is 1. The van der Waals surface area contributed by atoms with Crippen LogP contribution in [0.2, 0.25) is 5.02 Å². The smallest absolute Gasteiger partial charge is 0.303 e. The lowest BCUT2D eigenvalue weighted by Gasteiger charge is -2.22. The molecule has 0 aliphatic heterocycles. The van der Waals surface area contributed by atoms with Crippen LogP contribution in [-0.2, 0) is 24.2 Å². The molecule has 0 aliphatic rings. The first-order valence-electron chi connectivity index (χ1n) is 6.26. The molecule has 0 aromatic carbocycles. The molecule has 1 heterocycles. The minimum Gasteiger partial charge on any atom is -0.481 e. The molecule has 0 radical (unpaired) electrons. The fourth-order valence-corrected chi connectivity index (χ4v) is 2.45. The molecule has 0 spiro atoms. The highest BCUT2D eigenvalue weighted by Crippen LogP contribution is 2.31. The Labute approximate surface area is 113 Å². The summed E-state index contributed by atoms with van der Waals surface area (Å²) < 4.78 is 1.88. The van der Waals surface area contributed by atoms with Gasteiger partial charge in [-0.05, 0) is 25.2 Å². The minimum atomic E-state index is -0.783. The third-order valence-electron chi connectivity index (χ3n) is 2.97. The lowest BCUT2D eigenvalue weighted by atomic mass is 9.84. The van der Waals surface area contributed by atoms with E-state index < -0.39 is 5.97 Å². The Morgan fingerprint density at radius 3 is 2.50 bits per heavy atom. The van der Waals surface area contributed by atoms with Crippen molar-refractivity contribution in [2.45, 2.75) is 53.5 Å². The molecule has 0 atom stereocenters. The molecule has 4 nitrogen and oxygen atoms in total.